The summed E-state index contributed by atoms with van der Waals surface area (Å²) >= 11 is 0. The van der Waals surface area contributed by atoms with Crippen LogP contribution in [-0.4, -0.2) is 23.0 Å². The van der Waals surface area contributed by atoms with Gasteiger partial charge < -0.3 is 10.1 Å². The van der Waals surface area contributed by atoms with Crippen molar-refractivity contribution >= 4 is 17.5 Å². The first kappa shape index (κ1) is 13.0. The summed E-state index contributed by atoms with van der Waals surface area (Å²) in [6, 6.07) is 7.95. The number of anilines is 2. The molecule has 98 valence electrons. The Bertz CT molecular complexity index is 567. The number of ether oxygens (including phenoxy) is 1. The second-order valence-electron chi connectivity index (χ2n) is 3.95. The van der Waals surface area contributed by atoms with Crippen LogP contribution in [0.1, 0.15) is 22.8 Å². The van der Waals surface area contributed by atoms with Gasteiger partial charge in [-0.3, -0.25) is 0 Å². The van der Waals surface area contributed by atoms with Gasteiger partial charge >= 0.3 is 5.97 Å². The molecule has 1 aromatic heterocycles. The van der Waals surface area contributed by atoms with Crippen LogP contribution in [0.5, 0.6) is 0 Å². The molecule has 0 atom stereocenters. The molecule has 1 N–H and O–H groups in total. The van der Waals surface area contributed by atoms with E-state index < -0.39 is 5.97 Å². The summed E-state index contributed by atoms with van der Waals surface area (Å²) in [5.74, 6) is -0.0284. The number of esters is 1. The van der Waals surface area contributed by atoms with Gasteiger partial charge in [-0.1, -0.05) is 19.1 Å². The number of nitrogens with zero attached hydrogens (tertiary/aromatic N) is 2. The maximum atomic E-state index is 11.6. The van der Waals surface area contributed by atoms with Crippen LogP contribution < -0.4 is 5.32 Å². The number of hydrogen-bond donors (Lipinski definition) is 1. The van der Waals surface area contributed by atoms with E-state index in [1.807, 2.05) is 24.3 Å². The number of hydrogen-bond acceptors (Lipinski definition) is 5. The lowest BCUT2D eigenvalue weighted by Crippen LogP contribution is -2.07. The standard InChI is InChI=1S/C14H15N3O2/c1-3-10-4-6-11(7-5-10)17-13-12(14(18)19-2)8-15-9-16-13/h4-9H,3H2,1-2H3,(H,15,16,17). The van der Waals surface area contributed by atoms with Gasteiger partial charge in [0.15, 0.2) is 0 Å². The highest BCUT2D eigenvalue weighted by molar-refractivity contribution is 5.94. The molecule has 0 unspecified atom stereocenters. The van der Waals surface area contributed by atoms with Crippen molar-refractivity contribution in [3.05, 3.63) is 47.9 Å². The van der Waals surface area contributed by atoms with Gasteiger partial charge in [-0.2, -0.15) is 0 Å². The summed E-state index contributed by atoms with van der Waals surface area (Å²) < 4.78 is 4.69. The van der Waals surface area contributed by atoms with E-state index in [1.165, 1.54) is 25.2 Å². The number of carbonyl (C=O) groups is 1. The van der Waals surface area contributed by atoms with Gasteiger partial charge in [0.25, 0.3) is 0 Å². The maximum Gasteiger partial charge on any atom is 0.343 e. The predicted octanol–water partition coefficient (Wildman–Crippen LogP) is 2.57. The fourth-order valence-electron chi connectivity index (χ4n) is 1.65. The van der Waals surface area contributed by atoms with Crippen LogP contribution in [0.25, 0.3) is 0 Å². The summed E-state index contributed by atoms with van der Waals surface area (Å²) in [5.41, 5.74) is 2.42. The van der Waals surface area contributed by atoms with Gasteiger partial charge in [-0.25, -0.2) is 14.8 Å². The van der Waals surface area contributed by atoms with E-state index in [9.17, 15) is 4.79 Å². The van der Waals surface area contributed by atoms with Crippen molar-refractivity contribution in [1.82, 2.24) is 9.97 Å². The Morgan fingerprint density at radius 3 is 2.68 bits per heavy atom. The second-order valence-corrected chi connectivity index (χ2v) is 3.95. The number of carbonyl (C=O) groups excluding carboxylic acids is 1. The average molecular weight is 257 g/mol. The molecule has 19 heavy (non-hydrogen) atoms. The minimum absolute atomic E-state index is 0.310. The van der Waals surface area contributed by atoms with E-state index in [0.29, 0.717) is 11.4 Å². The van der Waals surface area contributed by atoms with Gasteiger partial charge in [0.2, 0.25) is 0 Å². The van der Waals surface area contributed by atoms with Crippen molar-refractivity contribution in [3.8, 4) is 0 Å². The molecule has 0 aliphatic rings. The van der Waals surface area contributed by atoms with Gasteiger partial charge in [0.1, 0.15) is 17.7 Å². The Morgan fingerprint density at radius 1 is 1.32 bits per heavy atom. The number of rotatable bonds is 4. The monoisotopic (exact) mass is 257 g/mol. The quantitative estimate of drug-likeness (QED) is 0.853. The Hall–Kier alpha value is -2.43. The van der Waals surface area contributed by atoms with Crippen LogP contribution in [0, 0.1) is 0 Å². The molecule has 2 aromatic rings. The number of nitrogens with one attached hydrogen (secondary N) is 1. The lowest BCUT2D eigenvalue weighted by molar-refractivity contribution is 0.0601. The minimum atomic E-state index is -0.465. The molecule has 5 heteroatoms. The summed E-state index contributed by atoms with van der Waals surface area (Å²) in [7, 11) is 1.33. The molecular weight excluding hydrogens is 242 g/mol. The normalized spacial score (nSPS) is 10.0. The van der Waals surface area contributed by atoms with Crippen molar-refractivity contribution in [2.45, 2.75) is 13.3 Å². The van der Waals surface area contributed by atoms with E-state index in [2.05, 4.69) is 22.2 Å². The molecule has 0 fully saturated rings. The van der Waals surface area contributed by atoms with Crippen LogP contribution in [0.4, 0.5) is 11.5 Å². The molecule has 0 bridgehead atoms. The predicted molar refractivity (Wildman–Crippen MR) is 72.5 cm³/mol. The van der Waals surface area contributed by atoms with E-state index >= 15 is 0 Å². The van der Waals surface area contributed by atoms with Gasteiger partial charge in [-0.15, -0.1) is 0 Å². The fourth-order valence-corrected chi connectivity index (χ4v) is 1.65. The SMILES string of the molecule is CCc1ccc(Nc2ncncc2C(=O)OC)cc1. The molecule has 0 aliphatic heterocycles. The first-order valence-electron chi connectivity index (χ1n) is 5.99. The van der Waals surface area contributed by atoms with Crippen LogP contribution in [0.15, 0.2) is 36.8 Å². The summed E-state index contributed by atoms with van der Waals surface area (Å²) in [4.78, 5) is 19.5. The Morgan fingerprint density at radius 2 is 2.05 bits per heavy atom. The van der Waals surface area contributed by atoms with Crippen molar-refractivity contribution in [3.63, 3.8) is 0 Å². The zero-order valence-corrected chi connectivity index (χ0v) is 10.9. The first-order chi connectivity index (χ1) is 9.24. The third-order valence-electron chi connectivity index (χ3n) is 2.74. The zero-order valence-electron chi connectivity index (χ0n) is 10.9. The molecule has 0 amide bonds. The highest BCUT2D eigenvalue weighted by atomic mass is 16.5. The van der Waals surface area contributed by atoms with Crippen LogP contribution >= 0.6 is 0 Å². The molecule has 0 radical (unpaired) electrons. The van der Waals surface area contributed by atoms with Gasteiger partial charge in [-0.05, 0) is 24.1 Å². The Kier molecular flexibility index (Phi) is 4.07. The first-order valence-corrected chi connectivity index (χ1v) is 5.99. The highest BCUT2D eigenvalue weighted by Gasteiger charge is 2.13. The molecule has 0 saturated carbocycles. The van der Waals surface area contributed by atoms with Crippen molar-refractivity contribution in [2.75, 3.05) is 12.4 Å². The number of methoxy groups -OCH3 is 1. The maximum absolute atomic E-state index is 11.6. The Balaban J connectivity index is 2.25. The number of aromatic nitrogens is 2. The summed E-state index contributed by atoms with van der Waals surface area (Å²) in [5, 5.41) is 3.09. The molecule has 1 heterocycles. The lowest BCUT2D eigenvalue weighted by Gasteiger charge is -2.09. The van der Waals surface area contributed by atoms with E-state index in [0.717, 1.165) is 12.1 Å². The van der Waals surface area contributed by atoms with Crippen molar-refractivity contribution in [1.29, 1.82) is 0 Å². The van der Waals surface area contributed by atoms with Crippen LogP contribution in [0.3, 0.4) is 0 Å². The largest absolute Gasteiger partial charge is 0.465 e. The van der Waals surface area contributed by atoms with Crippen LogP contribution in [-0.2, 0) is 11.2 Å². The highest BCUT2D eigenvalue weighted by Crippen LogP contribution is 2.18. The van der Waals surface area contributed by atoms with E-state index in [1.54, 1.807) is 0 Å². The summed E-state index contributed by atoms with van der Waals surface area (Å²) in [6.07, 6.45) is 3.80. The molecule has 0 spiro atoms. The smallest absolute Gasteiger partial charge is 0.343 e. The van der Waals surface area contributed by atoms with Crippen molar-refractivity contribution in [2.24, 2.45) is 0 Å². The van der Waals surface area contributed by atoms with Gasteiger partial charge in [0, 0.05) is 11.9 Å². The van der Waals surface area contributed by atoms with Crippen LogP contribution in [0.2, 0.25) is 0 Å². The number of benzene rings is 1. The molecular formula is C14H15N3O2. The third kappa shape index (κ3) is 3.07. The topological polar surface area (TPSA) is 64.1 Å². The summed E-state index contributed by atoms with van der Waals surface area (Å²) in [6.45, 7) is 2.10. The van der Waals surface area contributed by atoms with E-state index in [4.69, 9.17) is 4.74 Å². The molecule has 0 saturated heterocycles. The zero-order chi connectivity index (χ0) is 13.7. The minimum Gasteiger partial charge on any atom is -0.465 e. The molecule has 0 aliphatic carbocycles. The molecule has 5 nitrogen and oxygen atoms in total. The molecule has 1 aromatic carbocycles. The van der Waals surface area contributed by atoms with Gasteiger partial charge in [0.05, 0.1) is 7.11 Å². The average Bonchev–Trinajstić information content (AvgIpc) is 2.48. The fraction of sp³-hybridized carbons (Fsp3) is 0.214. The number of aryl methyl sites for hydroxylation is 1. The molecule has 2 rings (SSSR count). The van der Waals surface area contributed by atoms with E-state index in [-0.39, 0.29) is 0 Å². The lowest BCUT2D eigenvalue weighted by atomic mass is 10.1. The Labute approximate surface area is 111 Å². The van der Waals surface area contributed by atoms with Crippen molar-refractivity contribution < 1.29 is 9.53 Å². The third-order valence-corrected chi connectivity index (χ3v) is 2.74. The second kappa shape index (κ2) is 5.95.